The van der Waals surface area contributed by atoms with Crippen molar-refractivity contribution >= 4 is 11.3 Å². The van der Waals surface area contributed by atoms with Gasteiger partial charge in [-0.15, -0.1) is 6.58 Å². The molecule has 0 heterocycles. The van der Waals surface area contributed by atoms with Gasteiger partial charge in [-0.2, -0.15) is 0 Å². The predicted molar refractivity (Wildman–Crippen MR) is 233 cm³/mol. The minimum absolute atomic E-state index is 0. The molecule has 1 atom stereocenters. The van der Waals surface area contributed by atoms with Crippen molar-refractivity contribution < 1.29 is 0 Å². The fourth-order valence-corrected chi connectivity index (χ4v) is 3.77. The van der Waals surface area contributed by atoms with E-state index in [1.165, 1.54) is 92.0 Å². The Morgan fingerprint density at radius 2 is 1.27 bits per heavy atom. The highest BCUT2D eigenvalue weighted by Gasteiger charge is 2.07. The summed E-state index contributed by atoms with van der Waals surface area (Å²) in [4.78, 5) is 0. The van der Waals surface area contributed by atoms with Crippen LogP contribution in [0, 0.1) is 26.7 Å². The second kappa shape index (κ2) is 36.2. The van der Waals surface area contributed by atoms with Crippen LogP contribution in [0.2, 0.25) is 0 Å². The van der Waals surface area contributed by atoms with Gasteiger partial charge in [0.1, 0.15) is 0 Å². The number of aryl methyl sites for hydroxylation is 3. The standard InChI is InChI=1S/C17H19N.C8H10.C7H14.C7H16.2C4H10.CH4/c1-12(2)16-10-9-13(3)17(11-16)18-14(4)15-7-5-6-8-15;1-7-5-3-4-6-8(7)2;1-4-5-6-7(2)3;1-4-6-7(3)5-2;2*1-3-4-2;/h5-7,9-11,18H,1,4,8H2,2-3H3;3-6H,1-2H3;2,4-6H2,1,3H3;7H,4-6H2,1-3H3;2*3-4H2,1-2H3;1H4. The fraction of sp³-hybridized carbons (Fsp3) is 0.542. The zero-order valence-electron chi connectivity index (χ0n) is 34.3. The topological polar surface area (TPSA) is 12.0 Å². The van der Waals surface area contributed by atoms with Crippen molar-refractivity contribution in [1.29, 1.82) is 0 Å². The molecule has 0 radical (unpaired) electrons. The largest absolute Gasteiger partial charge is 0.356 e. The Bertz CT molecular complexity index is 1130. The zero-order valence-corrected chi connectivity index (χ0v) is 34.3. The van der Waals surface area contributed by atoms with Gasteiger partial charge in [-0.05, 0) is 93.7 Å². The van der Waals surface area contributed by atoms with Crippen molar-refractivity contribution in [2.45, 2.75) is 168 Å². The molecular formula is C48H83N. The number of anilines is 1. The lowest BCUT2D eigenvalue weighted by atomic mass is 10.0. The Balaban J connectivity index is -0.000000276. The van der Waals surface area contributed by atoms with E-state index in [0.29, 0.717) is 0 Å². The third-order valence-corrected chi connectivity index (χ3v) is 8.04. The van der Waals surface area contributed by atoms with Gasteiger partial charge in [-0.25, -0.2) is 0 Å². The molecule has 2 aromatic carbocycles. The molecule has 1 heteroatoms. The van der Waals surface area contributed by atoms with Gasteiger partial charge in [-0.3, -0.25) is 0 Å². The Morgan fingerprint density at radius 1 is 0.735 bits per heavy atom. The molecule has 1 aliphatic rings. The number of allylic oxidation sites excluding steroid dienone is 6. The van der Waals surface area contributed by atoms with Gasteiger partial charge in [0.05, 0.1) is 0 Å². The first kappa shape index (κ1) is 52.7. The van der Waals surface area contributed by atoms with E-state index in [-0.39, 0.29) is 7.43 Å². The molecule has 1 N–H and O–H groups in total. The molecule has 0 aliphatic heterocycles. The summed E-state index contributed by atoms with van der Waals surface area (Å²) in [6.07, 6.45) is 20.4. The van der Waals surface area contributed by atoms with Crippen LogP contribution in [-0.2, 0) is 0 Å². The van der Waals surface area contributed by atoms with Crippen LogP contribution < -0.4 is 5.32 Å². The predicted octanol–water partition coefficient (Wildman–Crippen LogP) is 17.0. The summed E-state index contributed by atoms with van der Waals surface area (Å²) in [5.41, 5.74) is 10.8. The number of rotatable bonds is 12. The van der Waals surface area contributed by atoms with E-state index in [1.807, 2.05) is 6.92 Å². The van der Waals surface area contributed by atoms with Crippen molar-refractivity contribution in [3.8, 4) is 0 Å². The summed E-state index contributed by atoms with van der Waals surface area (Å²) < 4.78 is 0. The first-order valence-corrected chi connectivity index (χ1v) is 19.0. The smallest absolute Gasteiger partial charge is 0.0419 e. The SMILES string of the molecule is C.C=C(C)CCCC.C=C(Nc1cc(C(=C)C)ccc1C)C1=CC=CC1.CCCC.CCCC.CCCC(C)CC.Cc1ccccc1C. The van der Waals surface area contributed by atoms with Crippen LogP contribution in [0.15, 0.2) is 97.3 Å². The van der Waals surface area contributed by atoms with E-state index in [2.05, 4.69) is 169 Å². The lowest BCUT2D eigenvalue weighted by Crippen LogP contribution is -2.02. The molecule has 2 aromatic rings. The monoisotopic (exact) mass is 674 g/mol. The highest BCUT2D eigenvalue weighted by Crippen LogP contribution is 2.25. The third kappa shape index (κ3) is 31.9. The quantitative estimate of drug-likeness (QED) is 0.221. The molecule has 280 valence electrons. The number of nitrogens with one attached hydrogen (secondary N) is 1. The fourth-order valence-electron chi connectivity index (χ4n) is 3.77. The molecule has 0 spiro atoms. The van der Waals surface area contributed by atoms with Crippen LogP contribution in [0.5, 0.6) is 0 Å². The summed E-state index contributed by atoms with van der Waals surface area (Å²) in [6.45, 7) is 40.0. The van der Waals surface area contributed by atoms with E-state index >= 15 is 0 Å². The molecule has 49 heavy (non-hydrogen) atoms. The Hall–Kier alpha value is -3.06. The van der Waals surface area contributed by atoms with Gasteiger partial charge >= 0.3 is 0 Å². The molecular weight excluding hydrogens is 591 g/mol. The molecule has 0 fully saturated rings. The maximum absolute atomic E-state index is 4.11. The number of hydrogen-bond donors (Lipinski definition) is 1. The Labute approximate surface area is 309 Å². The maximum atomic E-state index is 4.11. The molecule has 1 nitrogen and oxygen atoms in total. The first-order valence-electron chi connectivity index (χ1n) is 19.0. The molecule has 1 unspecified atom stereocenters. The van der Waals surface area contributed by atoms with Crippen LogP contribution in [0.25, 0.3) is 5.57 Å². The van der Waals surface area contributed by atoms with Crippen molar-refractivity contribution in [3.05, 3.63) is 120 Å². The van der Waals surface area contributed by atoms with E-state index in [4.69, 9.17) is 0 Å². The molecule has 0 aromatic heterocycles. The molecule has 0 bridgehead atoms. The van der Waals surface area contributed by atoms with Crippen molar-refractivity contribution in [3.63, 3.8) is 0 Å². The van der Waals surface area contributed by atoms with Crippen LogP contribution in [0.1, 0.15) is 170 Å². The zero-order chi connectivity index (χ0) is 37.3. The molecule has 1 aliphatic carbocycles. The van der Waals surface area contributed by atoms with Gasteiger partial charge in [0.15, 0.2) is 0 Å². The third-order valence-electron chi connectivity index (χ3n) is 8.04. The molecule has 0 saturated carbocycles. The van der Waals surface area contributed by atoms with Gasteiger partial charge in [0, 0.05) is 11.4 Å². The summed E-state index contributed by atoms with van der Waals surface area (Å²) in [6, 6.07) is 14.7. The van der Waals surface area contributed by atoms with Crippen LogP contribution in [0.4, 0.5) is 5.69 Å². The highest BCUT2D eigenvalue weighted by molar-refractivity contribution is 5.69. The lowest BCUT2D eigenvalue weighted by molar-refractivity contribution is 0.509. The average molecular weight is 674 g/mol. The second-order valence-corrected chi connectivity index (χ2v) is 13.2. The van der Waals surface area contributed by atoms with Crippen molar-refractivity contribution in [1.82, 2.24) is 0 Å². The van der Waals surface area contributed by atoms with Crippen LogP contribution in [-0.4, -0.2) is 0 Å². The number of hydrogen-bond acceptors (Lipinski definition) is 1. The number of benzene rings is 2. The Morgan fingerprint density at radius 3 is 1.57 bits per heavy atom. The highest BCUT2D eigenvalue weighted by atomic mass is 14.9. The molecule has 0 amide bonds. The second-order valence-electron chi connectivity index (χ2n) is 13.2. The van der Waals surface area contributed by atoms with Gasteiger partial charge in [0.25, 0.3) is 0 Å². The maximum Gasteiger partial charge on any atom is 0.0419 e. The summed E-state index contributed by atoms with van der Waals surface area (Å²) >= 11 is 0. The normalized spacial score (nSPS) is 10.9. The summed E-state index contributed by atoms with van der Waals surface area (Å²) in [5.74, 6) is 0.949. The van der Waals surface area contributed by atoms with Crippen molar-refractivity contribution in [2.24, 2.45) is 5.92 Å². The van der Waals surface area contributed by atoms with Crippen LogP contribution in [0.3, 0.4) is 0 Å². The van der Waals surface area contributed by atoms with E-state index in [0.717, 1.165) is 34.9 Å². The van der Waals surface area contributed by atoms with Gasteiger partial charge in [-0.1, -0.05) is 193 Å². The first-order chi connectivity index (χ1) is 22.8. The Kier molecular flexibility index (Phi) is 39.0. The minimum Gasteiger partial charge on any atom is -0.356 e. The molecule has 3 rings (SSSR count). The minimum atomic E-state index is 0. The van der Waals surface area contributed by atoms with E-state index in [1.54, 1.807) is 0 Å². The van der Waals surface area contributed by atoms with Crippen molar-refractivity contribution in [2.75, 3.05) is 5.32 Å². The van der Waals surface area contributed by atoms with E-state index < -0.39 is 0 Å². The summed E-state index contributed by atoms with van der Waals surface area (Å²) in [5, 5.41) is 3.40. The lowest BCUT2D eigenvalue weighted by Gasteiger charge is -2.14. The van der Waals surface area contributed by atoms with Gasteiger partial charge in [0.2, 0.25) is 0 Å². The number of unbranched alkanes of at least 4 members (excludes halogenated alkanes) is 3. The van der Waals surface area contributed by atoms with Crippen LogP contribution >= 0.6 is 0 Å². The van der Waals surface area contributed by atoms with E-state index in [9.17, 15) is 0 Å². The molecule has 0 saturated heterocycles. The summed E-state index contributed by atoms with van der Waals surface area (Å²) in [7, 11) is 0. The van der Waals surface area contributed by atoms with Gasteiger partial charge < -0.3 is 5.32 Å². The average Bonchev–Trinajstić information content (AvgIpc) is 3.63.